The van der Waals surface area contributed by atoms with Gasteiger partial charge in [0.25, 0.3) is 0 Å². The molecule has 2 aromatic heterocycles. The van der Waals surface area contributed by atoms with E-state index in [4.69, 9.17) is 16.0 Å². The fraction of sp³-hybridized carbons (Fsp3) is 0.250. The van der Waals surface area contributed by atoms with Crippen LogP contribution >= 0.6 is 23.4 Å². The van der Waals surface area contributed by atoms with Crippen molar-refractivity contribution < 1.29 is 22.3 Å². The molecule has 0 atom stereocenters. The highest BCUT2D eigenvalue weighted by Gasteiger charge is 2.25. The maximum Gasteiger partial charge on any atom is 0.387 e. The van der Waals surface area contributed by atoms with Crippen molar-refractivity contribution in [3.8, 4) is 17.5 Å². The Bertz CT molecular complexity index is 1030. The van der Waals surface area contributed by atoms with Crippen molar-refractivity contribution in [3.63, 3.8) is 0 Å². The van der Waals surface area contributed by atoms with Crippen LogP contribution in [-0.2, 0) is 5.75 Å². The monoisotopic (exact) mass is 401 g/mol. The number of aromatic nitrogens is 2. The van der Waals surface area contributed by atoms with Crippen LogP contribution in [0.1, 0.15) is 17.1 Å². The van der Waals surface area contributed by atoms with E-state index in [0.29, 0.717) is 11.5 Å². The molecule has 10 heteroatoms. The number of fused-ring (bicyclic) bond motifs is 1. The molecule has 0 spiro atoms. The van der Waals surface area contributed by atoms with Crippen LogP contribution in [0.5, 0.6) is 5.75 Å². The Morgan fingerprint density at radius 2 is 2.19 bits per heavy atom. The third kappa shape index (κ3) is 3.10. The molecule has 0 aliphatic heterocycles. The van der Waals surface area contributed by atoms with E-state index in [0.717, 1.165) is 10.7 Å². The van der Waals surface area contributed by atoms with Gasteiger partial charge in [0.05, 0.1) is 16.2 Å². The first kappa shape index (κ1) is 18.5. The van der Waals surface area contributed by atoms with Gasteiger partial charge in [-0.3, -0.25) is 0 Å². The zero-order valence-electron chi connectivity index (χ0n) is 13.5. The minimum Gasteiger partial charge on any atom is -0.459 e. The molecule has 0 aliphatic rings. The van der Waals surface area contributed by atoms with Gasteiger partial charge in [0, 0.05) is 0 Å². The molecular formula is C16H11ClF3N3O2S. The lowest BCUT2D eigenvalue weighted by molar-refractivity contribution is -0.0505. The molecule has 0 fully saturated rings. The van der Waals surface area contributed by atoms with E-state index in [-0.39, 0.29) is 33.1 Å². The first-order valence-electron chi connectivity index (χ1n) is 7.21. The Morgan fingerprint density at radius 3 is 2.81 bits per heavy atom. The maximum atomic E-state index is 14.7. The molecule has 1 aromatic carbocycles. The van der Waals surface area contributed by atoms with Gasteiger partial charge in [-0.05, 0) is 25.3 Å². The molecule has 0 unspecified atom stereocenters. The fourth-order valence-corrected chi connectivity index (χ4v) is 3.26. The number of nitriles is 1. The summed E-state index contributed by atoms with van der Waals surface area (Å²) in [5, 5.41) is 13.7. The number of rotatable bonds is 5. The minimum atomic E-state index is -3.14. The van der Waals surface area contributed by atoms with Crippen LogP contribution in [0, 0.1) is 24.1 Å². The normalized spacial score (nSPS) is 11.3. The van der Waals surface area contributed by atoms with Gasteiger partial charge < -0.3 is 9.15 Å². The van der Waals surface area contributed by atoms with Crippen molar-refractivity contribution in [2.45, 2.75) is 19.3 Å². The van der Waals surface area contributed by atoms with Gasteiger partial charge in [-0.15, -0.1) is 0 Å². The van der Waals surface area contributed by atoms with E-state index in [1.165, 1.54) is 18.7 Å². The van der Waals surface area contributed by atoms with Gasteiger partial charge in [0.15, 0.2) is 22.8 Å². The fourth-order valence-electron chi connectivity index (χ4n) is 2.60. The van der Waals surface area contributed by atoms with Crippen molar-refractivity contribution in [1.82, 2.24) is 9.78 Å². The Labute approximate surface area is 155 Å². The van der Waals surface area contributed by atoms with Gasteiger partial charge in [0.1, 0.15) is 23.2 Å². The predicted octanol–water partition coefficient (Wildman–Crippen LogP) is 5.06. The van der Waals surface area contributed by atoms with Crippen LogP contribution in [0.2, 0.25) is 5.02 Å². The summed E-state index contributed by atoms with van der Waals surface area (Å²) in [6, 6.07) is 4.35. The first-order chi connectivity index (χ1) is 12.4. The van der Waals surface area contributed by atoms with Crippen LogP contribution in [0.3, 0.4) is 0 Å². The quantitative estimate of drug-likeness (QED) is 0.598. The van der Waals surface area contributed by atoms with Crippen molar-refractivity contribution in [1.29, 1.82) is 5.26 Å². The summed E-state index contributed by atoms with van der Waals surface area (Å²) in [7, 11) is 0. The molecule has 2 heterocycles. The van der Waals surface area contributed by atoms with Crippen molar-refractivity contribution in [2.75, 3.05) is 6.26 Å². The number of nitrogens with zero attached hydrogens (tertiary/aromatic N) is 3. The third-order valence-corrected chi connectivity index (χ3v) is 4.41. The second-order valence-electron chi connectivity index (χ2n) is 5.24. The van der Waals surface area contributed by atoms with Gasteiger partial charge >= 0.3 is 6.61 Å². The Morgan fingerprint density at radius 1 is 1.46 bits per heavy atom. The standard InChI is InChI=1S/C16H11ClF3N3O2S/c1-7-14(25-16(19)20)12(5-21)23(22-7)13-9-3-8(6-26-2)24-15(9)10(17)4-11(13)18/h3-4,16H,6H2,1-2H3. The maximum absolute atomic E-state index is 14.7. The van der Waals surface area contributed by atoms with Gasteiger partial charge in [-0.1, -0.05) is 11.6 Å². The zero-order chi connectivity index (χ0) is 19.0. The van der Waals surface area contributed by atoms with Gasteiger partial charge in [0.2, 0.25) is 0 Å². The molecule has 0 amide bonds. The highest BCUT2D eigenvalue weighted by Crippen LogP contribution is 2.37. The molecule has 0 aliphatic carbocycles. The molecule has 0 saturated heterocycles. The summed E-state index contributed by atoms with van der Waals surface area (Å²) < 4.78 is 50.9. The number of halogens is 4. The zero-order valence-corrected chi connectivity index (χ0v) is 15.1. The first-order valence-corrected chi connectivity index (χ1v) is 8.98. The summed E-state index contributed by atoms with van der Waals surface area (Å²) in [5.74, 6) is -0.109. The summed E-state index contributed by atoms with van der Waals surface area (Å²) in [6.45, 7) is -1.76. The van der Waals surface area contributed by atoms with E-state index < -0.39 is 18.2 Å². The molecular weight excluding hydrogens is 391 g/mol. The van der Waals surface area contributed by atoms with Crippen molar-refractivity contribution >= 4 is 34.3 Å². The number of benzene rings is 1. The molecule has 0 bridgehead atoms. The average Bonchev–Trinajstić information content (AvgIpc) is 3.10. The second-order valence-corrected chi connectivity index (χ2v) is 6.52. The molecule has 0 radical (unpaired) electrons. The molecule has 5 nitrogen and oxygen atoms in total. The largest absolute Gasteiger partial charge is 0.459 e. The molecule has 136 valence electrons. The number of hydrogen-bond acceptors (Lipinski definition) is 5. The molecule has 0 saturated carbocycles. The Hall–Kier alpha value is -2.31. The number of aryl methyl sites for hydroxylation is 1. The van der Waals surface area contributed by atoms with E-state index >= 15 is 0 Å². The molecule has 3 rings (SSSR count). The topological polar surface area (TPSA) is 64.0 Å². The minimum absolute atomic E-state index is 0.0252. The van der Waals surface area contributed by atoms with E-state index in [1.54, 1.807) is 12.1 Å². The van der Waals surface area contributed by atoms with Crippen LogP contribution in [-0.4, -0.2) is 22.6 Å². The van der Waals surface area contributed by atoms with Crippen LogP contribution in [0.4, 0.5) is 13.2 Å². The molecule has 0 N–H and O–H groups in total. The SMILES string of the molecule is CSCc1cc2c(-n3nc(C)c(OC(F)F)c3C#N)c(F)cc(Cl)c2o1. The van der Waals surface area contributed by atoms with E-state index in [2.05, 4.69) is 9.84 Å². The average molecular weight is 402 g/mol. The number of thioether (sulfide) groups is 1. The summed E-state index contributed by atoms with van der Waals surface area (Å²) >= 11 is 7.55. The van der Waals surface area contributed by atoms with Crippen LogP contribution < -0.4 is 4.74 Å². The lowest BCUT2D eigenvalue weighted by atomic mass is 10.2. The number of ether oxygens (including phenoxy) is 1. The number of alkyl halides is 2. The van der Waals surface area contributed by atoms with Crippen LogP contribution in [0.25, 0.3) is 16.7 Å². The lowest BCUT2D eigenvalue weighted by Crippen LogP contribution is -2.06. The highest BCUT2D eigenvalue weighted by molar-refractivity contribution is 7.97. The summed E-state index contributed by atoms with van der Waals surface area (Å²) in [5.41, 5.74) is -0.222. The Balaban J connectivity index is 2.31. The van der Waals surface area contributed by atoms with Crippen LogP contribution in [0.15, 0.2) is 16.5 Å². The van der Waals surface area contributed by atoms with Gasteiger partial charge in [-0.25, -0.2) is 9.07 Å². The van der Waals surface area contributed by atoms with E-state index in [1.807, 2.05) is 6.26 Å². The Kier molecular flexibility index (Phi) is 5.07. The number of furan rings is 1. The molecule has 26 heavy (non-hydrogen) atoms. The molecule has 3 aromatic rings. The summed E-state index contributed by atoms with van der Waals surface area (Å²) in [6.07, 6.45) is 1.87. The smallest absolute Gasteiger partial charge is 0.387 e. The van der Waals surface area contributed by atoms with Crippen molar-refractivity contribution in [2.24, 2.45) is 0 Å². The lowest BCUT2D eigenvalue weighted by Gasteiger charge is -2.07. The summed E-state index contributed by atoms with van der Waals surface area (Å²) in [4.78, 5) is 0. The second kappa shape index (κ2) is 7.13. The van der Waals surface area contributed by atoms with Gasteiger partial charge in [-0.2, -0.15) is 30.9 Å². The number of hydrogen-bond donors (Lipinski definition) is 0. The highest BCUT2D eigenvalue weighted by atomic mass is 35.5. The van der Waals surface area contributed by atoms with Crippen molar-refractivity contribution in [3.05, 3.63) is 40.1 Å². The third-order valence-electron chi connectivity index (χ3n) is 3.55. The van der Waals surface area contributed by atoms with E-state index in [9.17, 15) is 18.4 Å². The predicted molar refractivity (Wildman–Crippen MR) is 91.6 cm³/mol.